The van der Waals surface area contributed by atoms with Gasteiger partial charge in [-0.3, -0.25) is 8.37 Å². The Bertz CT molecular complexity index is 687. The molecule has 2 rings (SSSR count). The fourth-order valence-corrected chi connectivity index (χ4v) is 3.63. The summed E-state index contributed by atoms with van der Waals surface area (Å²) in [5.41, 5.74) is 0. The maximum absolute atomic E-state index is 10.3. The van der Waals surface area contributed by atoms with Crippen LogP contribution in [0.1, 0.15) is 86.0 Å². The first-order valence-electron chi connectivity index (χ1n) is 13.9. The first kappa shape index (κ1) is 42.4. The van der Waals surface area contributed by atoms with E-state index in [1.807, 2.05) is 0 Å². The highest BCUT2D eigenvalue weighted by Gasteiger charge is 2.07. The lowest BCUT2D eigenvalue weighted by molar-refractivity contribution is -0.0000161. The highest BCUT2D eigenvalue weighted by Crippen LogP contribution is 2.08. The number of unbranched alkanes of at least 4 members (excludes halogenated alkanes) is 6. The number of halogens is 1. The Morgan fingerprint density at radius 3 is 1.31 bits per heavy atom. The monoisotopic (exact) mass is 618 g/mol. The number of hydrogen-bond acceptors (Lipinski definition) is 10. The summed E-state index contributed by atoms with van der Waals surface area (Å²) in [6, 6.07) is 0. The Morgan fingerprint density at radius 2 is 1.08 bits per heavy atom. The van der Waals surface area contributed by atoms with Gasteiger partial charge in [-0.15, -0.1) is 0 Å². The lowest BCUT2D eigenvalue weighted by Gasteiger charge is -2.17. The van der Waals surface area contributed by atoms with Crippen molar-refractivity contribution in [2.75, 3.05) is 59.5 Å². The van der Waals surface area contributed by atoms with E-state index in [2.05, 4.69) is 80.7 Å². The summed E-state index contributed by atoms with van der Waals surface area (Å²) in [6.45, 7) is 14.8. The van der Waals surface area contributed by atoms with E-state index in [0.29, 0.717) is 13.2 Å². The summed E-state index contributed by atoms with van der Waals surface area (Å²) in [7, 11) is 0.315. The molecule has 0 saturated carbocycles. The Kier molecular flexibility index (Phi) is 31.0. The first-order valence-corrected chi connectivity index (χ1v) is 16.5. The van der Waals surface area contributed by atoms with E-state index in [-0.39, 0.29) is 18.2 Å². The molecule has 0 aromatic heterocycles. The molecule has 0 spiro atoms. The van der Waals surface area contributed by atoms with E-state index in [0.717, 1.165) is 13.3 Å². The van der Waals surface area contributed by atoms with Crippen LogP contribution in [0.2, 0.25) is 0 Å². The van der Waals surface area contributed by atoms with Crippen LogP contribution in [0.4, 0.5) is 0 Å². The summed E-state index contributed by atoms with van der Waals surface area (Å²) in [6.07, 6.45) is 19.5. The molecule has 0 aromatic carbocycles. The Labute approximate surface area is 248 Å². The second-order valence-corrected chi connectivity index (χ2v) is 11.6. The van der Waals surface area contributed by atoms with Gasteiger partial charge in [-0.25, -0.2) is 8.42 Å². The molecule has 2 heterocycles. The van der Waals surface area contributed by atoms with Gasteiger partial charge in [0.1, 0.15) is 0 Å². The third-order valence-electron chi connectivity index (χ3n) is 5.25. The predicted octanol–water partition coefficient (Wildman–Crippen LogP) is 1.68. The van der Waals surface area contributed by atoms with Crippen LogP contribution in [0.3, 0.4) is 0 Å². The topological polar surface area (TPSA) is 106 Å². The van der Waals surface area contributed by atoms with Crippen LogP contribution < -0.4 is 12.4 Å². The Balaban J connectivity index is -0.000000456. The second kappa shape index (κ2) is 28.5. The average molecular weight is 619 g/mol. The van der Waals surface area contributed by atoms with Crippen LogP contribution >= 0.6 is 0 Å². The molecule has 0 aliphatic carbocycles. The lowest BCUT2D eigenvalue weighted by Crippen LogP contribution is -3.00. The summed E-state index contributed by atoms with van der Waals surface area (Å²) >= 11 is -1.52. The molecule has 0 atom stereocenters. The van der Waals surface area contributed by atoms with Crippen LogP contribution in [0, 0.1) is 0 Å². The molecular formula is C26H55ClN4O6S2-2. The zero-order valence-electron chi connectivity index (χ0n) is 25.3. The molecule has 2 aliphatic heterocycles. The van der Waals surface area contributed by atoms with Gasteiger partial charge in [0.15, 0.2) is 0 Å². The van der Waals surface area contributed by atoms with Crippen molar-refractivity contribution in [3.05, 3.63) is 24.8 Å². The van der Waals surface area contributed by atoms with Gasteiger partial charge in [0.25, 0.3) is 0 Å². The van der Waals surface area contributed by atoms with Gasteiger partial charge in [0, 0.05) is 57.7 Å². The second-order valence-electron chi connectivity index (χ2n) is 9.00. The Hall–Kier alpha value is -1.05. The van der Waals surface area contributed by atoms with Crippen LogP contribution in [0.25, 0.3) is 0 Å². The van der Waals surface area contributed by atoms with Gasteiger partial charge >= 0.3 is 11.4 Å². The normalized spacial score (nSPS) is 13.9. The standard InChI is InChI=1S/2C10H20N2.C4H10O3S.C2H6O3S.ClH/c2*1-3-4-5-6-7-12-9-8-11(2)10-12;1-3-6-8(5)7-4-2;1-2-6(3,4)5;/h2*8-9H,3-7,10H2,1-2H3;3-4H2,1-2H3;2H2,1H3,(H,3,4,5);1H/p-2. The quantitative estimate of drug-likeness (QED) is 0.199. The smallest absolute Gasteiger partial charge is 0.304 e. The molecule has 0 bridgehead atoms. The zero-order chi connectivity index (χ0) is 29.2. The summed E-state index contributed by atoms with van der Waals surface area (Å²) in [5, 5.41) is 0. The minimum atomic E-state index is -3.91. The van der Waals surface area contributed by atoms with Gasteiger partial charge < -0.3 is 36.6 Å². The van der Waals surface area contributed by atoms with E-state index in [4.69, 9.17) is 0 Å². The molecule has 0 N–H and O–H groups in total. The van der Waals surface area contributed by atoms with Crippen molar-refractivity contribution in [3.63, 3.8) is 0 Å². The van der Waals surface area contributed by atoms with Gasteiger partial charge in [0.2, 0.25) is 0 Å². The third kappa shape index (κ3) is 31.3. The highest BCUT2D eigenvalue weighted by molar-refractivity contribution is 7.85. The first-order chi connectivity index (χ1) is 18.0. The van der Waals surface area contributed by atoms with E-state index in [9.17, 15) is 17.2 Å². The van der Waals surface area contributed by atoms with Crippen molar-refractivity contribution in [3.8, 4) is 0 Å². The van der Waals surface area contributed by atoms with Crippen molar-refractivity contribution in [1.29, 1.82) is 0 Å². The molecular weight excluding hydrogens is 564 g/mol. The van der Waals surface area contributed by atoms with Crippen LogP contribution in [-0.2, 0) is 29.8 Å². The van der Waals surface area contributed by atoms with E-state index < -0.39 is 21.5 Å². The van der Waals surface area contributed by atoms with Crippen molar-refractivity contribution in [1.82, 2.24) is 19.6 Å². The molecule has 236 valence electrons. The maximum Gasteiger partial charge on any atom is 0.304 e. The molecule has 0 fully saturated rings. The van der Waals surface area contributed by atoms with Gasteiger partial charge in [0.05, 0.1) is 36.7 Å². The lowest BCUT2D eigenvalue weighted by atomic mass is 10.2. The largest absolute Gasteiger partial charge is 1.00 e. The van der Waals surface area contributed by atoms with Crippen molar-refractivity contribution >= 4 is 21.5 Å². The van der Waals surface area contributed by atoms with Crippen molar-refractivity contribution in [2.24, 2.45) is 0 Å². The molecule has 0 radical (unpaired) electrons. The average Bonchev–Trinajstić information content (AvgIpc) is 3.48. The van der Waals surface area contributed by atoms with E-state index in [1.54, 1.807) is 13.8 Å². The van der Waals surface area contributed by atoms with Gasteiger partial charge in [-0.2, -0.15) is 4.21 Å². The number of rotatable bonds is 15. The van der Waals surface area contributed by atoms with Crippen LogP contribution in [0.15, 0.2) is 24.8 Å². The van der Waals surface area contributed by atoms with Gasteiger partial charge in [-0.05, 0) is 26.7 Å². The molecule has 0 amide bonds. The molecule has 2 aliphatic rings. The van der Waals surface area contributed by atoms with Crippen molar-refractivity contribution < 1.29 is 38.0 Å². The highest BCUT2D eigenvalue weighted by atomic mass is 35.5. The molecule has 13 heteroatoms. The predicted molar refractivity (Wildman–Crippen MR) is 157 cm³/mol. The van der Waals surface area contributed by atoms with Crippen LogP contribution in [0.5, 0.6) is 0 Å². The fourth-order valence-electron chi connectivity index (χ4n) is 3.18. The van der Waals surface area contributed by atoms with Crippen LogP contribution in [-0.4, -0.2) is 96.3 Å². The molecule has 10 nitrogen and oxygen atoms in total. The number of hydrogen-bond donors (Lipinski definition) is 0. The Morgan fingerprint density at radius 1 is 0.718 bits per heavy atom. The molecule has 39 heavy (non-hydrogen) atoms. The van der Waals surface area contributed by atoms with E-state index in [1.165, 1.54) is 71.4 Å². The van der Waals surface area contributed by atoms with Crippen molar-refractivity contribution in [2.45, 2.75) is 86.0 Å². The maximum atomic E-state index is 10.3. The summed E-state index contributed by atoms with van der Waals surface area (Å²) in [4.78, 5) is 9.16. The molecule has 0 aromatic rings. The van der Waals surface area contributed by atoms with E-state index >= 15 is 0 Å². The SMILES string of the molecule is CCCCCCN1C=CN(C)C1.CCCCCCN1C=CN(C)C1.CCOS(=O)OCC.CCS(=O)(=O)[O-].[Cl-]. The number of nitrogens with zero attached hydrogens (tertiary/aromatic N) is 4. The summed E-state index contributed by atoms with van der Waals surface area (Å²) < 4.78 is 47.7. The molecule has 0 saturated heterocycles. The fraction of sp³-hybridized carbons (Fsp3) is 0.846. The minimum absolute atomic E-state index is 0. The zero-order valence-corrected chi connectivity index (χ0v) is 27.7. The van der Waals surface area contributed by atoms with Gasteiger partial charge in [-0.1, -0.05) is 59.3 Å². The molecule has 0 unspecified atom stereocenters. The minimum Gasteiger partial charge on any atom is -1.00 e. The summed E-state index contributed by atoms with van der Waals surface area (Å²) in [5.74, 6) is -0.312. The third-order valence-corrected chi connectivity index (χ3v) is 6.82.